The Morgan fingerprint density at radius 2 is 1.79 bits per heavy atom. The number of primary amides is 1. The second-order valence-electron chi connectivity index (χ2n) is 6.68. The van der Waals surface area contributed by atoms with Gasteiger partial charge in [-0.25, -0.2) is 4.98 Å². The first kappa shape index (κ1) is 23.7. The number of anilines is 5. The summed E-state index contributed by atoms with van der Waals surface area (Å²) in [5, 5.41) is 17.0. The fraction of sp³-hybridized carbons (Fsp3) is 0.0455. The van der Waals surface area contributed by atoms with Crippen LogP contribution in [-0.2, 0) is 11.0 Å². The molecule has 0 saturated carbocycles. The average molecular weight is 467 g/mol. The molecule has 2 amide bonds. The molecule has 12 heteroatoms. The lowest BCUT2D eigenvalue weighted by molar-refractivity contribution is -0.137. The van der Waals surface area contributed by atoms with Crippen molar-refractivity contribution in [3.05, 3.63) is 78.0 Å². The maximum atomic E-state index is 13.6. The van der Waals surface area contributed by atoms with E-state index in [2.05, 4.69) is 32.5 Å². The maximum absolute atomic E-state index is 13.6. The van der Waals surface area contributed by atoms with Crippen LogP contribution in [0.4, 0.5) is 42.0 Å². The van der Waals surface area contributed by atoms with E-state index in [1.165, 1.54) is 30.3 Å². The number of carbonyl (C=O) groups is 2. The van der Waals surface area contributed by atoms with Gasteiger partial charge in [0.1, 0.15) is 17.5 Å². The van der Waals surface area contributed by atoms with Crippen LogP contribution in [0.15, 0.2) is 61.3 Å². The number of aromatic nitrogens is 2. The molecule has 0 unspecified atom stereocenters. The number of rotatable bonds is 7. The van der Waals surface area contributed by atoms with Crippen molar-refractivity contribution in [2.24, 2.45) is 5.73 Å². The van der Waals surface area contributed by atoms with E-state index in [4.69, 9.17) is 5.73 Å². The molecular formula is C22H16F3N7O2. The van der Waals surface area contributed by atoms with E-state index < -0.39 is 29.4 Å². The molecule has 34 heavy (non-hydrogen) atoms. The number of para-hydroxylation sites is 2. The number of nitrogens with zero attached hydrogens (tertiary/aromatic N) is 3. The van der Waals surface area contributed by atoms with Gasteiger partial charge in [-0.1, -0.05) is 18.7 Å². The maximum Gasteiger partial charge on any atom is 0.421 e. The Bertz CT molecular complexity index is 1320. The van der Waals surface area contributed by atoms with E-state index in [9.17, 15) is 28.0 Å². The molecule has 0 aliphatic heterocycles. The Morgan fingerprint density at radius 1 is 1.09 bits per heavy atom. The van der Waals surface area contributed by atoms with Gasteiger partial charge in [0.15, 0.2) is 0 Å². The summed E-state index contributed by atoms with van der Waals surface area (Å²) in [6.07, 6.45) is -3.23. The molecule has 3 rings (SSSR count). The molecule has 9 nitrogen and oxygen atoms in total. The van der Waals surface area contributed by atoms with Gasteiger partial charge in [-0.05, 0) is 36.4 Å². The third-order valence-electron chi connectivity index (χ3n) is 4.39. The van der Waals surface area contributed by atoms with Gasteiger partial charge in [0, 0.05) is 11.8 Å². The van der Waals surface area contributed by atoms with Crippen molar-refractivity contribution >= 4 is 40.6 Å². The number of hydrogen-bond donors (Lipinski definition) is 4. The molecule has 0 fully saturated rings. The van der Waals surface area contributed by atoms with Gasteiger partial charge in [-0.15, -0.1) is 0 Å². The third kappa shape index (κ3) is 5.46. The number of alkyl halides is 3. The Balaban J connectivity index is 2.04. The second-order valence-corrected chi connectivity index (χ2v) is 6.68. The van der Waals surface area contributed by atoms with Gasteiger partial charge in [-0.2, -0.15) is 23.4 Å². The van der Waals surface area contributed by atoms with Crippen LogP contribution in [0.1, 0.15) is 21.5 Å². The molecule has 0 radical (unpaired) electrons. The van der Waals surface area contributed by atoms with Gasteiger partial charge >= 0.3 is 6.18 Å². The number of nitrogens with two attached hydrogens (primary N) is 1. The monoisotopic (exact) mass is 467 g/mol. The van der Waals surface area contributed by atoms with Crippen LogP contribution in [0.25, 0.3) is 0 Å². The Kier molecular flexibility index (Phi) is 6.77. The lowest BCUT2D eigenvalue weighted by atomic mass is 10.1. The third-order valence-corrected chi connectivity index (χ3v) is 4.39. The quantitative estimate of drug-likeness (QED) is 0.383. The largest absolute Gasteiger partial charge is 0.421 e. The van der Waals surface area contributed by atoms with E-state index >= 15 is 0 Å². The number of carbonyl (C=O) groups excluding carboxylic acids is 2. The first-order valence-electron chi connectivity index (χ1n) is 9.47. The molecule has 0 spiro atoms. The zero-order valence-electron chi connectivity index (χ0n) is 17.3. The van der Waals surface area contributed by atoms with Crippen molar-refractivity contribution in [2.45, 2.75) is 6.18 Å². The van der Waals surface area contributed by atoms with Crippen LogP contribution < -0.4 is 21.7 Å². The van der Waals surface area contributed by atoms with Crippen molar-refractivity contribution in [1.82, 2.24) is 9.97 Å². The molecule has 0 bridgehead atoms. The fourth-order valence-corrected chi connectivity index (χ4v) is 2.78. The van der Waals surface area contributed by atoms with Gasteiger partial charge in [0.05, 0.1) is 22.6 Å². The standard InChI is InChI=1S/C22H16F3N7O2/c1-2-18(33)29-15-5-3-4-6-16(15)30-20-14(22(23,24)25)11-28-21(32-20)31-17-9-12(19(27)34)7-8-13(17)10-26/h2-9,11H,1H2,(H2,27,34)(H,29,33)(H2,28,30,31,32). The summed E-state index contributed by atoms with van der Waals surface area (Å²) < 4.78 is 40.9. The van der Waals surface area contributed by atoms with E-state index in [1.807, 2.05) is 6.07 Å². The van der Waals surface area contributed by atoms with Crippen LogP contribution in [0.3, 0.4) is 0 Å². The van der Waals surface area contributed by atoms with Crippen molar-refractivity contribution in [3.63, 3.8) is 0 Å². The summed E-state index contributed by atoms with van der Waals surface area (Å²) >= 11 is 0. The second kappa shape index (κ2) is 9.70. The highest BCUT2D eigenvalue weighted by Crippen LogP contribution is 2.36. The van der Waals surface area contributed by atoms with E-state index in [0.29, 0.717) is 6.20 Å². The smallest absolute Gasteiger partial charge is 0.366 e. The first-order chi connectivity index (χ1) is 16.1. The number of amides is 2. The lowest BCUT2D eigenvalue weighted by Gasteiger charge is -2.17. The SMILES string of the molecule is C=CC(=O)Nc1ccccc1Nc1nc(Nc2cc(C(N)=O)ccc2C#N)ncc1C(F)(F)F. The number of halogens is 3. The van der Waals surface area contributed by atoms with E-state index in [1.54, 1.807) is 12.1 Å². The summed E-state index contributed by atoms with van der Waals surface area (Å²) in [5.74, 6) is -2.23. The van der Waals surface area contributed by atoms with Crippen molar-refractivity contribution in [2.75, 3.05) is 16.0 Å². The molecule has 0 atom stereocenters. The Morgan fingerprint density at radius 3 is 2.41 bits per heavy atom. The van der Waals surface area contributed by atoms with Gasteiger partial charge < -0.3 is 21.7 Å². The molecule has 5 N–H and O–H groups in total. The number of benzene rings is 2. The van der Waals surface area contributed by atoms with Crippen LogP contribution in [-0.4, -0.2) is 21.8 Å². The van der Waals surface area contributed by atoms with Gasteiger partial charge in [0.2, 0.25) is 17.8 Å². The summed E-state index contributed by atoms with van der Waals surface area (Å²) in [5.41, 5.74) is 4.62. The topological polar surface area (TPSA) is 146 Å². The molecule has 0 aliphatic rings. The molecule has 3 aromatic rings. The highest BCUT2D eigenvalue weighted by atomic mass is 19.4. The van der Waals surface area contributed by atoms with Crippen LogP contribution >= 0.6 is 0 Å². The predicted octanol–water partition coefficient (Wildman–Crippen LogP) is 4.08. The molecule has 0 saturated heterocycles. The molecule has 172 valence electrons. The molecule has 1 heterocycles. The summed E-state index contributed by atoms with van der Waals surface area (Å²) in [6.45, 7) is 3.34. The van der Waals surface area contributed by atoms with Crippen molar-refractivity contribution in [3.8, 4) is 6.07 Å². The first-order valence-corrected chi connectivity index (χ1v) is 9.47. The fourth-order valence-electron chi connectivity index (χ4n) is 2.78. The molecule has 1 aromatic heterocycles. The number of hydrogen-bond acceptors (Lipinski definition) is 7. The molecule has 0 aliphatic carbocycles. The summed E-state index contributed by atoms with van der Waals surface area (Å²) in [4.78, 5) is 30.7. The van der Waals surface area contributed by atoms with Crippen molar-refractivity contribution in [1.29, 1.82) is 5.26 Å². The number of nitriles is 1. The highest BCUT2D eigenvalue weighted by molar-refractivity contribution is 6.01. The minimum absolute atomic E-state index is 0.0682. The highest BCUT2D eigenvalue weighted by Gasteiger charge is 2.35. The Labute approximate surface area is 191 Å². The summed E-state index contributed by atoms with van der Waals surface area (Å²) in [7, 11) is 0. The minimum Gasteiger partial charge on any atom is -0.366 e. The normalized spacial score (nSPS) is 10.6. The zero-order chi connectivity index (χ0) is 24.9. The van der Waals surface area contributed by atoms with Crippen LogP contribution in [0, 0.1) is 11.3 Å². The van der Waals surface area contributed by atoms with Crippen LogP contribution in [0.2, 0.25) is 0 Å². The lowest BCUT2D eigenvalue weighted by Crippen LogP contribution is -2.14. The van der Waals surface area contributed by atoms with Crippen LogP contribution in [0.5, 0.6) is 0 Å². The van der Waals surface area contributed by atoms with E-state index in [0.717, 1.165) is 6.08 Å². The van der Waals surface area contributed by atoms with Crippen molar-refractivity contribution < 1.29 is 22.8 Å². The van der Waals surface area contributed by atoms with Gasteiger partial charge in [-0.3, -0.25) is 9.59 Å². The summed E-state index contributed by atoms with van der Waals surface area (Å²) in [6, 6.07) is 11.9. The molecule has 2 aromatic carbocycles. The van der Waals surface area contributed by atoms with Gasteiger partial charge in [0.25, 0.3) is 0 Å². The minimum atomic E-state index is -4.80. The van der Waals surface area contributed by atoms with E-state index in [-0.39, 0.29) is 34.1 Å². The average Bonchev–Trinajstić information content (AvgIpc) is 2.79. The predicted molar refractivity (Wildman–Crippen MR) is 119 cm³/mol. The number of nitrogens with one attached hydrogen (secondary N) is 3. The zero-order valence-corrected chi connectivity index (χ0v) is 17.3. The molecular weight excluding hydrogens is 451 g/mol. The Hall–Kier alpha value is -4.92.